The maximum absolute atomic E-state index is 12.8. The van der Waals surface area contributed by atoms with Crippen molar-refractivity contribution >= 4 is 29.9 Å². The van der Waals surface area contributed by atoms with Gasteiger partial charge in [0.2, 0.25) is 0 Å². The Bertz CT molecular complexity index is 744. The summed E-state index contributed by atoms with van der Waals surface area (Å²) in [4.78, 5) is 14.7. The summed E-state index contributed by atoms with van der Waals surface area (Å²) in [7, 11) is 0. The zero-order valence-electron chi connectivity index (χ0n) is 12.6. The first kappa shape index (κ1) is 16.3. The first-order valence-corrected chi connectivity index (χ1v) is 7.94. The van der Waals surface area contributed by atoms with Gasteiger partial charge in [0.05, 0.1) is 0 Å². The Labute approximate surface area is 145 Å². The quantitative estimate of drug-likeness (QED) is 0.827. The predicted molar refractivity (Wildman–Crippen MR) is 91.1 cm³/mol. The molecule has 2 N–H and O–H groups in total. The lowest BCUT2D eigenvalue weighted by Gasteiger charge is -2.29. The highest BCUT2D eigenvalue weighted by Crippen LogP contribution is 2.27. The second-order valence-electron chi connectivity index (χ2n) is 5.81. The van der Waals surface area contributed by atoms with Crippen molar-refractivity contribution in [1.29, 1.82) is 0 Å². The number of rotatable bonds is 1. The third-order valence-electron chi connectivity index (χ3n) is 4.50. The zero-order chi connectivity index (χ0) is 15.1. The number of aromatic amines is 1. The molecule has 122 valence electrons. The van der Waals surface area contributed by atoms with Gasteiger partial charge in [-0.15, -0.1) is 12.4 Å². The van der Waals surface area contributed by atoms with Gasteiger partial charge in [-0.3, -0.25) is 9.89 Å². The van der Waals surface area contributed by atoms with E-state index in [2.05, 4.69) is 15.5 Å². The fourth-order valence-electron chi connectivity index (χ4n) is 3.29. The molecule has 0 atom stereocenters. The molecule has 0 aliphatic carbocycles. The minimum atomic E-state index is 0. The van der Waals surface area contributed by atoms with Gasteiger partial charge in [0.25, 0.3) is 5.91 Å². The number of amides is 1. The van der Waals surface area contributed by atoms with Crippen LogP contribution in [0.1, 0.15) is 32.9 Å². The summed E-state index contributed by atoms with van der Waals surface area (Å²) in [6.07, 6.45) is 1.69. The number of nitrogens with one attached hydrogen (secondary N) is 2. The van der Waals surface area contributed by atoms with Crippen molar-refractivity contribution in [2.24, 2.45) is 0 Å². The van der Waals surface area contributed by atoms with Crippen LogP contribution in [0.5, 0.6) is 0 Å². The fourth-order valence-corrected chi connectivity index (χ4v) is 3.58. The van der Waals surface area contributed by atoms with Crippen LogP contribution in [-0.2, 0) is 25.9 Å². The number of carbonyl (C=O) groups excluding carboxylic acids is 1. The van der Waals surface area contributed by atoms with E-state index in [0.29, 0.717) is 25.3 Å². The highest BCUT2D eigenvalue weighted by atomic mass is 35.5. The number of halogens is 2. The van der Waals surface area contributed by atoms with Crippen LogP contribution in [0.25, 0.3) is 0 Å². The molecule has 23 heavy (non-hydrogen) atoms. The molecule has 0 saturated heterocycles. The van der Waals surface area contributed by atoms with Gasteiger partial charge in [-0.1, -0.05) is 23.7 Å². The number of carbonyl (C=O) groups is 1. The van der Waals surface area contributed by atoms with Crippen LogP contribution in [-0.4, -0.2) is 34.1 Å². The van der Waals surface area contributed by atoms with E-state index in [1.54, 1.807) is 0 Å². The Kier molecular flexibility index (Phi) is 4.62. The molecule has 2 aromatic rings. The van der Waals surface area contributed by atoms with E-state index in [4.69, 9.17) is 11.6 Å². The number of hydrogen-bond donors (Lipinski definition) is 2. The van der Waals surface area contributed by atoms with E-state index < -0.39 is 0 Å². The Morgan fingerprint density at radius 2 is 2.13 bits per heavy atom. The molecule has 1 aromatic carbocycles. The minimum absolute atomic E-state index is 0. The third-order valence-corrected chi connectivity index (χ3v) is 4.86. The summed E-state index contributed by atoms with van der Waals surface area (Å²) < 4.78 is 0. The van der Waals surface area contributed by atoms with E-state index in [9.17, 15) is 4.79 Å². The number of hydrogen-bond acceptors (Lipinski definition) is 3. The van der Waals surface area contributed by atoms with Crippen molar-refractivity contribution in [3.63, 3.8) is 0 Å². The molecular formula is C16H18Cl2N4O. The van der Waals surface area contributed by atoms with E-state index in [0.717, 1.165) is 41.2 Å². The van der Waals surface area contributed by atoms with Gasteiger partial charge in [-0.05, 0) is 23.6 Å². The molecule has 0 spiro atoms. The number of fused-ring (bicyclic) bond motifs is 2. The third kappa shape index (κ3) is 2.84. The lowest BCUT2D eigenvalue weighted by Crippen LogP contribution is -2.37. The minimum Gasteiger partial charge on any atom is -0.333 e. The standard InChI is InChI=1S/C16H17ClN4O.ClH/c17-13-3-1-2-10-9-21(7-5-11(10)13)16(22)15-12-8-18-6-4-14(12)19-20-15;/h1-3,18H,4-9H2,(H,19,20);1H. The van der Waals surface area contributed by atoms with Crippen molar-refractivity contribution in [2.75, 3.05) is 13.1 Å². The van der Waals surface area contributed by atoms with Crippen LogP contribution in [0, 0.1) is 0 Å². The molecular weight excluding hydrogens is 335 g/mol. The molecule has 0 bridgehead atoms. The lowest BCUT2D eigenvalue weighted by atomic mass is 9.99. The summed E-state index contributed by atoms with van der Waals surface area (Å²) in [6.45, 7) is 2.93. The predicted octanol–water partition coefficient (Wildman–Crippen LogP) is 2.33. The lowest BCUT2D eigenvalue weighted by molar-refractivity contribution is 0.0727. The summed E-state index contributed by atoms with van der Waals surface area (Å²) in [5.74, 6) is 0.00632. The van der Waals surface area contributed by atoms with Crippen LogP contribution >= 0.6 is 24.0 Å². The van der Waals surface area contributed by atoms with E-state index in [-0.39, 0.29) is 18.3 Å². The molecule has 0 saturated carbocycles. The van der Waals surface area contributed by atoms with Gasteiger partial charge in [-0.2, -0.15) is 5.10 Å². The second-order valence-corrected chi connectivity index (χ2v) is 6.22. The molecule has 0 unspecified atom stereocenters. The first-order valence-electron chi connectivity index (χ1n) is 7.56. The van der Waals surface area contributed by atoms with E-state index >= 15 is 0 Å². The summed E-state index contributed by atoms with van der Waals surface area (Å²) in [6, 6.07) is 5.89. The average Bonchev–Trinajstić information content (AvgIpc) is 2.98. The highest BCUT2D eigenvalue weighted by Gasteiger charge is 2.28. The largest absolute Gasteiger partial charge is 0.333 e. The van der Waals surface area contributed by atoms with Gasteiger partial charge in [0.1, 0.15) is 0 Å². The SMILES string of the molecule is Cl.O=C(c1n[nH]c2c1CNCC2)N1CCc2c(Cl)cccc2C1. The van der Waals surface area contributed by atoms with Gasteiger partial charge >= 0.3 is 0 Å². The van der Waals surface area contributed by atoms with Gasteiger partial charge in [-0.25, -0.2) is 0 Å². The van der Waals surface area contributed by atoms with Crippen molar-refractivity contribution in [2.45, 2.75) is 25.9 Å². The van der Waals surface area contributed by atoms with Gasteiger partial charge < -0.3 is 10.2 Å². The molecule has 0 radical (unpaired) electrons. The molecule has 2 aliphatic rings. The number of H-pyrrole nitrogens is 1. The van der Waals surface area contributed by atoms with Crippen molar-refractivity contribution in [3.05, 3.63) is 51.3 Å². The number of benzene rings is 1. The van der Waals surface area contributed by atoms with E-state index in [1.807, 2.05) is 23.1 Å². The molecule has 0 fully saturated rings. The summed E-state index contributed by atoms with van der Waals surface area (Å²) in [5, 5.41) is 11.4. The number of nitrogens with zero attached hydrogens (tertiary/aromatic N) is 2. The van der Waals surface area contributed by atoms with Crippen LogP contribution in [0.3, 0.4) is 0 Å². The van der Waals surface area contributed by atoms with Crippen molar-refractivity contribution < 1.29 is 4.79 Å². The molecule has 3 heterocycles. The van der Waals surface area contributed by atoms with Crippen LogP contribution in [0.15, 0.2) is 18.2 Å². The maximum atomic E-state index is 12.8. The molecule has 4 rings (SSSR count). The Morgan fingerprint density at radius 3 is 3.00 bits per heavy atom. The van der Waals surface area contributed by atoms with Gasteiger partial charge in [0.15, 0.2) is 5.69 Å². The molecule has 2 aliphatic heterocycles. The smallest absolute Gasteiger partial charge is 0.275 e. The summed E-state index contributed by atoms with van der Waals surface area (Å²) in [5.41, 5.74) is 4.97. The Hall–Kier alpha value is -1.56. The molecule has 1 aromatic heterocycles. The molecule has 5 nitrogen and oxygen atoms in total. The van der Waals surface area contributed by atoms with Crippen molar-refractivity contribution in [1.82, 2.24) is 20.4 Å². The monoisotopic (exact) mass is 352 g/mol. The first-order chi connectivity index (χ1) is 10.7. The second kappa shape index (κ2) is 6.51. The van der Waals surface area contributed by atoms with Crippen LogP contribution < -0.4 is 5.32 Å². The highest BCUT2D eigenvalue weighted by molar-refractivity contribution is 6.31. The number of aromatic nitrogens is 2. The topological polar surface area (TPSA) is 61.0 Å². The van der Waals surface area contributed by atoms with Crippen molar-refractivity contribution in [3.8, 4) is 0 Å². The zero-order valence-corrected chi connectivity index (χ0v) is 14.1. The Morgan fingerprint density at radius 1 is 1.26 bits per heavy atom. The fraction of sp³-hybridized carbons (Fsp3) is 0.375. The average molecular weight is 353 g/mol. The molecule has 7 heteroatoms. The maximum Gasteiger partial charge on any atom is 0.275 e. The van der Waals surface area contributed by atoms with E-state index in [1.165, 1.54) is 5.56 Å². The normalized spacial score (nSPS) is 16.3. The Balaban J connectivity index is 0.00000156. The van der Waals surface area contributed by atoms with Crippen LogP contribution in [0.2, 0.25) is 5.02 Å². The summed E-state index contributed by atoms with van der Waals surface area (Å²) >= 11 is 6.23. The van der Waals surface area contributed by atoms with Crippen LogP contribution in [0.4, 0.5) is 0 Å². The van der Waals surface area contributed by atoms with Gasteiger partial charge in [0, 0.05) is 48.9 Å². The molecule has 1 amide bonds.